The van der Waals surface area contributed by atoms with Gasteiger partial charge < -0.3 is 20.6 Å². The molecular weight excluding hydrogens is 353 g/mol. The molecule has 0 aliphatic rings. The zero-order valence-electron chi connectivity index (χ0n) is 9.31. The van der Waals surface area contributed by atoms with E-state index in [1.54, 1.807) is 0 Å². The van der Waals surface area contributed by atoms with Crippen molar-refractivity contribution < 1.29 is 24.9 Å². The van der Waals surface area contributed by atoms with Gasteiger partial charge >= 0.3 is 5.97 Å². The summed E-state index contributed by atoms with van der Waals surface area (Å²) in [6.45, 7) is -0.996. The van der Waals surface area contributed by atoms with E-state index in [9.17, 15) is 9.59 Å². The number of amides is 1. The molecule has 1 rings (SSSR count). The number of carbonyl (C=O) groups is 2. The summed E-state index contributed by atoms with van der Waals surface area (Å²) in [5, 5.41) is 29.0. The number of benzene rings is 1. The molecule has 1 aromatic carbocycles. The van der Waals surface area contributed by atoms with Crippen molar-refractivity contribution in [3.63, 3.8) is 0 Å². The van der Waals surface area contributed by atoms with E-state index in [2.05, 4.69) is 5.32 Å². The largest absolute Gasteiger partial charge is 0.480 e. The van der Waals surface area contributed by atoms with E-state index in [1.807, 2.05) is 22.6 Å². The molecule has 0 spiro atoms. The Morgan fingerprint density at radius 2 is 1.67 bits per heavy atom. The van der Waals surface area contributed by atoms with Crippen LogP contribution in [0.25, 0.3) is 0 Å². The maximum atomic E-state index is 11.7. The fourth-order valence-corrected chi connectivity index (χ4v) is 2.02. The number of carboxylic acids is 1. The van der Waals surface area contributed by atoms with Crippen molar-refractivity contribution >= 4 is 34.5 Å². The first-order valence-electron chi connectivity index (χ1n) is 5.02. The number of carbonyl (C=O) groups excluding carboxylic acids is 1. The topological polar surface area (TPSA) is 107 Å². The second-order valence-electron chi connectivity index (χ2n) is 3.50. The normalized spacial score (nSPS) is 10.2. The van der Waals surface area contributed by atoms with Gasteiger partial charge in [0.05, 0.1) is 13.2 Å². The van der Waals surface area contributed by atoms with Gasteiger partial charge in [0.1, 0.15) is 6.54 Å². The predicted molar refractivity (Wildman–Crippen MR) is 71.0 cm³/mol. The molecule has 98 valence electrons. The fraction of sp³-hybridized carbons (Fsp3) is 0.273. The van der Waals surface area contributed by atoms with Gasteiger partial charge in [0.25, 0.3) is 5.91 Å². The van der Waals surface area contributed by atoms with Gasteiger partial charge in [0.15, 0.2) is 0 Å². The standard InChI is InChI=1S/C11H12INO5/c12-10-7(4-14)1-6(2-8(10)5-15)11(18)13-3-9(16)17/h1-2,14-15H,3-5H2,(H,13,18)(H,16,17). The van der Waals surface area contributed by atoms with Crippen molar-refractivity contribution in [2.45, 2.75) is 13.2 Å². The van der Waals surface area contributed by atoms with Crippen LogP contribution >= 0.6 is 22.6 Å². The second kappa shape index (κ2) is 6.66. The zero-order valence-corrected chi connectivity index (χ0v) is 11.5. The number of rotatable bonds is 5. The lowest BCUT2D eigenvalue weighted by Crippen LogP contribution is -2.29. The summed E-state index contributed by atoms with van der Waals surface area (Å²) < 4.78 is 0.687. The highest BCUT2D eigenvalue weighted by atomic mass is 127. The van der Waals surface area contributed by atoms with Gasteiger partial charge in [0.2, 0.25) is 0 Å². The molecule has 0 unspecified atom stereocenters. The van der Waals surface area contributed by atoms with Crippen LogP contribution in [0.15, 0.2) is 12.1 Å². The van der Waals surface area contributed by atoms with Crippen LogP contribution in [0.2, 0.25) is 0 Å². The van der Waals surface area contributed by atoms with E-state index in [0.29, 0.717) is 14.7 Å². The van der Waals surface area contributed by atoms with E-state index >= 15 is 0 Å². The molecule has 0 aliphatic heterocycles. The summed E-state index contributed by atoms with van der Waals surface area (Å²) in [6.07, 6.45) is 0. The molecule has 6 nitrogen and oxygen atoms in total. The molecule has 0 aliphatic carbocycles. The van der Waals surface area contributed by atoms with Gasteiger partial charge in [-0.05, 0) is 45.9 Å². The Morgan fingerprint density at radius 3 is 2.06 bits per heavy atom. The first kappa shape index (κ1) is 14.9. The van der Waals surface area contributed by atoms with E-state index < -0.39 is 18.4 Å². The molecule has 0 saturated heterocycles. The molecule has 0 atom stereocenters. The number of hydrogen-bond donors (Lipinski definition) is 4. The zero-order chi connectivity index (χ0) is 13.7. The molecule has 0 heterocycles. The van der Waals surface area contributed by atoms with Crippen molar-refractivity contribution in [1.82, 2.24) is 5.32 Å². The maximum absolute atomic E-state index is 11.7. The molecule has 0 bridgehead atoms. The molecular formula is C11H12INO5. The summed E-state index contributed by atoms with van der Waals surface area (Å²) in [5.41, 5.74) is 1.25. The quantitative estimate of drug-likeness (QED) is 0.554. The molecule has 0 fully saturated rings. The molecule has 7 heteroatoms. The minimum atomic E-state index is -1.14. The van der Waals surface area contributed by atoms with Gasteiger partial charge in [-0.25, -0.2) is 0 Å². The SMILES string of the molecule is O=C(O)CNC(=O)c1cc(CO)c(I)c(CO)c1. The fourth-order valence-electron chi connectivity index (χ4n) is 1.37. The highest BCUT2D eigenvalue weighted by molar-refractivity contribution is 14.1. The van der Waals surface area contributed by atoms with Crippen LogP contribution in [0.5, 0.6) is 0 Å². The number of hydrogen-bond acceptors (Lipinski definition) is 4. The Hall–Kier alpha value is -1.19. The van der Waals surface area contributed by atoms with Crippen LogP contribution in [-0.4, -0.2) is 33.7 Å². The molecule has 0 radical (unpaired) electrons. The van der Waals surface area contributed by atoms with Gasteiger partial charge in [-0.3, -0.25) is 9.59 Å². The van der Waals surface area contributed by atoms with Crippen molar-refractivity contribution in [1.29, 1.82) is 0 Å². The maximum Gasteiger partial charge on any atom is 0.322 e. The number of carboxylic acid groups (broad SMARTS) is 1. The predicted octanol–water partition coefficient (Wildman–Crippen LogP) is 0.0902. The first-order chi connectivity index (χ1) is 8.49. The van der Waals surface area contributed by atoms with E-state index in [4.69, 9.17) is 15.3 Å². The molecule has 1 aromatic rings. The third kappa shape index (κ3) is 3.65. The Labute approximate surface area is 117 Å². The Morgan fingerprint density at radius 1 is 1.17 bits per heavy atom. The third-order valence-electron chi connectivity index (χ3n) is 2.23. The molecule has 1 amide bonds. The minimum Gasteiger partial charge on any atom is -0.480 e. The molecule has 0 aromatic heterocycles. The highest BCUT2D eigenvalue weighted by Gasteiger charge is 2.13. The Kier molecular flexibility index (Phi) is 5.51. The minimum absolute atomic E-state index is 0.213. The summed E-state index contributed by atoms with van der Waals surface area (Å²) in [6, 6.07) is 2.94. The van der Waals surface area contributed by atoms with Crippen molar-refractivity contribution in [3.8, 4) is 0 Å². The van der Waals surface area contributed by atoms with Crippen molar-refractivity contribution in [3.05, 3.63) is 32.4 Å². The summed E-state index contributed by atoms with van der Waals surface area (Å²) in [5.74, 6) is -1.70. The number of aliphatic hydroxyl groups excluding tert-OH is 2. The van der Waals surface area contributed by atoms with Gasteiger partial charge in [-0.1, -0.05) is 0 Å². The number of nitrogens with one attached hydrogen (secondary N) is 1. The van der Waals surface area contributed by atoms with E-state index in [-0.39, 0.29) is 18.8 Å². The average Bonchev–Trinajstić information content (AvgIpc) is 2.36. The monoisotopic (exact) mass is 365 g/mol. The lowest BCUT2D eigenvalue weighted by atomic mass is 10.1. The number of halogens is 1. The van der Waals surface area contributed by atoms with Crippen LogP contribution in [0.1, 0.15) is 21.5 Å². The van der Waals surface area contributed by atoms with Crippen LogP contribution in [0.4, 0.5) is 0 Å². The summed E-state index contributed by atoms with van der Waals surface area (Å²) in [4.78, 5) is 22.0. The highest BCUT2D eigenvalue weighted by Crippen LogP contribution is 2.20. The molecule has 0 saturated carbocycles. The summed E-state index contributed by atoms with van der Waals surface area (Å²) in [7, 11) is 0. The Balaban J connectivity index is 3.02. The van der Waals surface area contributed by atoms with Crippen LogP contribution in [0, 0.1) is 3.57 Å². The van der Waals surface area contributed by atoms with Gasteiger partial charge in [0, 0.05) is 9.13 Å². The van der Waals surface area contributed by atoms with Crippen molar-refractivity contribution in [2.24, 2.45) is 0 Å². The van der Waals surface area contributed by atoms with Gasteiger partial charge in [-0.2, -0.15) is 0 Å². The lowest BCUT2D eigenvalue weighted by Gasteiger charge is -2.10. The van der Waals surface area contributed by atoms with Crippen molar-refractivity contribution in [2.75, 3.05) is 6.54 Å². The van der Waals surface area contributed by atoms with E-state index in [0.717, 1.165) is 0 Å². The second-order valence-corrected chi connectivity index (χ2v) is 4.58. The Bertz CT molecular complexity index is 449. The number of aliphatic carboxylic acids is 1. The molecule has 4 N–H and O–H groups in total. The smallest absolute Gasteiger partial charge is 0.322 e. The average molecular weight is 365 g/mol. The van der Waals surface area contributed by atoms with Crippen LogP contribution in [0.3, 0.4) is 0 Å². The lowest BCUT2D eigenvalue weighted by molar-refractivity contribution is -0.135. The molecule has 18 heavy (non-hydrogen) atoms. The summed E-state index contributed by atoms with van der Waals surface area (Å²) >= 11 is 1.97. The number of aliphatic hydroxyl groups is 2. The third-order valence-corrected chi connectivity index (χ3v) is 3.61. The first-order valence-corrected chi connectivity index (χ1v) is 6.10. The van der Waals surface area contributed by atoms with Gasteiger partial charge in [-0.15, -0.1) is 0 Å². The van der Waals surface area contributed by atoms with E-state index in [1.165, 1.54) is 12.1 Å². The van der Waals surface area contributed by atoms with Crippen LogP contribution < -0.4 is 5.32 Å². The van der Waals surface area contributed by atoms with Crippen LogP contribution in [-0.2, 0) is 18.0 Å².